The molecule has 0 aromatic heterocycles. The zero-order chi connectivity index (χ0) is 8.85. The summed E-state index contributed by atoms with van der Waals surface area (Å²) in [5, 5.41) is 8.03. The number of carbonyl (C=O) groups is 2. The molecule has 0 rings (SSSR count). The van der Waals surface area contributed by atoms with Crippen LogP contribution in [0.5, 0.6) is 0 Å². The van der Waals surface area contributed by atoms with Crippen molar-refractivity contribution in [2.24, 2.45) is 0 Å². The fraction of sp³-hybridized carbons (Fsp3) is 0.500. The molecule has 1 unspecified atom stereocenters. The van der Waals surface area contributed by atoms with Crippen LogP contribution in [0.1, 0.15) is 12.8 Å². The Hall–Kier alpha value is -0.327. The van der Waals surface area contributed by atoms with Crippen molar-refractivity contribution < 1.29 is 47.1 Å². The molecule has 0 aromatic rings. The van der Waals surface area contributed by atoms with E-state index >= 15 is 0 Å². The SMILES string of the molecule is O=C(O)CCC(=O)OS(=O)[O-].[Zn]. The molecule has 0 aromatic carbocycles. The van der Waals surface area contributed by atoms with Crippen LogP contribution in [0.2, 0.25) is 0 Å². The van der Waals surface area contributed by atoms with Gasteiger partial charge in [0.15, 0.2) is 0 Å². The normalized spacial score (nSPS) is 11.1. The van der Waals surface area contributed by atoms with E-state index in [0.717, 1.165) is 0 Å². The number of carbonyl (C=O) groups excluding carboxylic acids is 1. The van der Waals surface area contributed by atoms with E-state index in [-0.39, 0.29) is 19.5 Å². The third-order valence-corrected chi connectivity index (χ3v) is 1.03. The summed E-state index contributed by atoms with van der Waals surface area (Å²) in [5.74, 6) is -2.25. The van der Waals surface area contributed by atoms with Crippen LogP contribution in [-0.2, 0) is 44.6 Å². The molecule has 0 spiro atoms. The smallest absolute Gasteiger partial charge is 0.319 e. The predicted octanol–water partition coefficient (Wildman–Crippen LogP) is -0.814. The summed E-state index contributed by atoms with van der Waals surface area (Å²) in [6.07, 6.45) is -0.876. The van der Waals surface area contributed by atoms with Gasteiger partial charge in [-0.05, 0) is 0 Å². The van der Waals surface area contributed by atoms with Crippen molar-refractivity contribution >= 4 is 23.3 Å². The van der Waals surface area contributed by atoms with Crippen molar-refractivity contribution in [1.82, 2.24) is 0 Å². The fourth-order valence-corrected chi connectivity index (χ4v) is 0.562. The van der Waals surface area contributed by atoms with Crippen LogP contribution in [0.4, 0.5) is 0 Å². The van der Waals surface area contributed by atoms with E-state index in [0.29, 0.717) is 0 Å². The van der Waals surface area contributed by atoms with Gasteiger partial charge in [0.25, 0.3) is 0 Å². The Kier molecular flexibility index (Phi) is 8.68. The van der Waals surface area contributed by atoms with Crippen LogP contribution in [0.25, 0.3) is 0 Å². The Morgan fingerprint density at radius 3 is 2.25 bits per heavy atom. The number of hydrogen-bond acceptors (Lipinski definition) is 5. The first kappa shape index (κ1) is 14.2. The van der Waals surface area contributed by atoms with Gasteiger partial charge >= 0.3 is 11.9 Å². The molecule has 0 saturated heterocycles. The summed E-state index contributed by atoms with van der Waals surface area (Å²) in [4.78, 5) is 20.1. The first-order valence-corrected chi connectivity index (χ1v) is 3.54. The Morgan fingerprint density at radius 2 is 1.92 bits per heavy atom. The molecule has 0 aliphatic rings. The minimum absolute atomic E-state index is 0. The van der Waals surface area contributed by atoms with Gasteiger partial charge < -0.3 is 13.8 Å². The second kappa shape index (κ2) is 7.33. The van der Waals surface area contributed by atoms with E-state index < -0.39 is 36.1 Å². The van der Waals surface area contributed by atoms with E-state index in [2.05, 4.69) is 4.18 Å². The number of aliphatic carboxylic acids is 1. The zero-order valence-electron chi connectivity index (χ0n) is 6.02. The molecule has 0 aliphatic carbocycles. The molecule has 6 nitrogen and oxygen atoms in total. The van der Waals surface area contributed by atoms with Gasteiger partial charge in [0, 0.05) is 19.5 Å². The molecule has 0 heterocycles. The van der Waals surface area contributed by atoms with Gasteiger partial charge in [-0.3, -0.25) is 9.59 Å². The summed E-state index contributed by atoms with van der Waals surface area (Å²) in [6, 6.07) is 0. The molecule has 66 valence electrons. The molecule has 0 bridgehead atoms. The molecule has 1 atom stereocenters. The van der Waals surface area contributed by atoms with Gasteiger partial charge in [-0.1, -0.05) is 0 Å². The molecular weight excluding hydrogens is 241 g/mol. The molecule has 0 fully saturated rings. The van der Waals surface area contributed by atoms with E-state index in [1.165, 1.54) is 0 Å². The van der Waals surface area contributed by atoms with E-state index in [1.807, 2.05) is 0 Å². The largest absolute Gasteiger partial charge is 0.740 e. The molecule has 0 saturated carbocycles. The fourth-order valence-electron chi connectivity index (χ4n) is 0.327. The number of hydrogen-bond donors (Lipinski definition) is 1. The van der Waals surface area contributed by atoms with Crippen molar-refractivity contribution in [1.29, 1.82) is 0 Å². The third-order valence-electron chi connectivity index (χ3n) is 0.704. The predicted molar refractivity (Wildman–Crippen MR) is 31.9 cm³/mol. The Morgan fingerprint density at radius 1 is 1.42 bits per heavy atom. The van der Waals surface area contributed by atoms with Crippen LogP contribution in [-0.4, -0.2) is 25.8 Å². The Balaban J connectivity index is 0. The average molecular weight is 247 g/mol. The van der Waals surface area contributed by atoms with Crippen LogP contribution in [0.15, 0.2) is 0 Å². The summed E-state index contributed by atoms with van der Waals surface area (Å²) < 4.78 is 22.9. The van der Waals surface area contributed by atoms with Crippen molar-refractivity contribution in [3.8, 4) is 0 Å². The summed E-state index contributed by atoms with van der Waals surface area (Å²) in [7, 11) is 0. The number of carboxylic acids is 1. The molecule has 0 aliphatic heterocycles. The topological polar surface area (TPSA) is 104 Å². The quantitative estimate of drug-likeness (QED) is 0.514. The van der Waals surface area contributed by atoms with Gasteiger partial charge in [0.2, 0.25) is 0 Å². The molecule has 8 heteroatoms. The molecule has 1 N–H and O–H groups in total. The Bertz CT molecular complexity index is 192. The maximum Gasteiger partial charge on any atom is 0.319 e. The van der Waals surface area contributed by atoms with E-state index in [9.17, 15) is 18.4 Å². The van der Waals surface area contributed by atoms with Crippen LogP contribution < -0.4 is 0 Å². The van der Waals surface area contributed by atoms with Crippen molar-refractivity contribution in [2.45, 2.75) is 12.8 Å². The maximum atomic E-state index is 10.3. The van der Waals surface area contributed by atoms with Gasteiger partial charge in [0.05, 0.1) is 12.8 Å². The van der Waals surface area contributed by atoms with Gasteiger partial charge in [0.1, 0.15) is 11.4 Å². The second-order valence-corrected chi connectivity index (χ2v) is 2.13. The van der Waals surface area contributed by atoms with E-state index in [1.54, 1.807) is 0 Å². The standard InChI is InChI=1S/C4H6O6S.Zn/c5-3(6)1-2-4(7)10-11(8)9;/h1-2H2,(H,5,6)(H,8,9);/p-1. The molecular formula is C4H5O6SZn-. The van der Waals surface area contributed by atoms with Crippen molar-refractivity contribution in [3.63, 3.8) is 0 Å². The minimum Gasteiger partial charge on any atom is -0.740 e. The van der Waals surface area contributed by atoms with Gasteiger partial charge in [-0.2, -0.15) is 0 Å². The number of rotatable bonds is 4. The monoisotopic (exact) mass is 245 g/mol. The van der Waals surface area contributed by atoms with Crippen molar-refractivity contribution in [3.05, 3.63) is 0 Å². The van der Waals surface area contributed by atoms with Gasteiger partial charge in [-0.25, -0.2) is 4.21 Å². The van der Waals surface area contributed by atoms with E-state index in [4.69, 9.17) is 5.11 Å². The summed E-state index contributed by atoms with van der Waals surface area (Å²) in [5.41, 5.74) is 0. The molecule has 0 radical (unpaired) electrons. The van der Waals surface area contributed by atoms with Gasteiger partial charge in [-0.15, -0.1) is 0 Å². The van der Waals surface area contributed by atoms with Crippen LogP contribution in [0.3, 0.4) is 0 Å². The molecule has 0 amide bonds. The number of carboxylic acid groups (broad SMARTS) is 1. The maximum absolute atomic E-state index is 10.3. The Labute approximate surface area is 83.5 Å². The first-order valence-electron chi connectivity index (χ1n) is 2.54. The van der Waals surface area contributed by atoms with Crippen LogP contribution >= 0.6 is 0 Å². The summed E-state index contributed by atoms with van der Waals surface area (Å²) in [6.45, 7) is 0. The average Bonchev–Trinajstić information content (AvgIpc) is 1.82. The third kappa shape index (κ3) is 9.67. The minimum atomic E-state index is -2.90. The van der Waals surface area contributed by atoms with Crippen molar-refractivity contribution in [2.75, 3.05) is 0 Å². The van der Waals surface area contributed by atoms with Crippen LogP contribution in [0, 0.1) is 0 Å². The molecule has 12 heavy (non-hydrogen) atoms. The zero-order valence-corrected chi connectivity index (χ0v) is 9.80. The first-order chi connectivity index (χ1) is 5.02. The second-order valence-electron chi connectivity index (χ2n) is 1.55. The summed E-state index contributed by atoms with van der Waals surface area (Å²) >= 11 is -2.90.